The van der Waals surface area contributed by atoms with Gasteiger partial charge in [0.25, 0.3) is 0 Å². The van der Waals surface area contributed by atoms with Crippen LogP contribution in [0.3, 0.4) is 0 Å². The summed E-state index contributed by atoms with van der Waals surface area (Å²) in [5.41, 5.74) is 0. The van der Waals surface area contributed by atoms with Gasteiger partial charge >= 0.3 is 6.03 Å². The quantitative estimate of drug-likeness (QED) is 0.447. The molecular weight excluding hydrogens is 286 g/mol. The number of hydrogen-bond acceptors (Lipinski definition) is 4. The molecule has 0 aromatic carbocycles. The molecule has 1 saturated heterocycles. The van der Waals surface area contributed by atoms with Crippen molar-refractivity contribution < 1.29 is 19.5 Å². The Morgan fingerprint density at radius 3 is 2.59 bits per heavy atom. The summed E-state index contributed by atoms with van der Waals surface area (Å²) < 4.78 is 0. The third-order valence-corrected chi connectivity index (χ3v) is 3.72. The van der Waals surface area contributed by atoms with Gasteiger partial charge in [-0.1, -0.05) is 19.1 Å². The second-order valence-corrected chi connectivity index (χ2v) is 5.48. The number of carbonyl (C=O) groups excluding carboxylic acids is 3. The molecular formula is C15H25N3O4. The van der Waals surface area contributed by atoms with Gasteiger partial charge in [0.2, 0.25) is 11.8 Å². The molecule has 0 aromatic heterocycles. The van der Waals surface area contributed by atoms with Gasteiger partial charge in [-0.05, 0) is 26.7 Å². The number of aliphatic hydroxyl groups is 1. The Kier molecular flexibility index (Phi) is 6.55. The summed E-state index contributed by atoms with van der Waals surface area (Å²) >= 11 is 0. The molecule has 0 aromatic rings. The number of allylic oxidation sites excluding steroid dienone is 1. The molecule has 0 aliphatic carbocycles. The van der Waals surface area contributed by atoms with Gasteiger partial charge in [-0.2, -0.15) is 0 Å². The standard InChI is InChI=1S/C15H25N3O4/c1-5-6-7-10(2)18(15(22)17(4)11(3)19)12-8-9-13(20)16-14(12)21/h6-7,10-12,19H,5,8-9H2,1-4H3,(H,16,20,21)/b7-6-. The van der Waals surface area contributed by atoms with Crippen LogP contribution in [0.25, 0.3) is 0 Å². The maximum atomic E-state index is 12.6. The van der Waals surface area contributed by atoms with Gasteiger partial charge in [-0.3, -0.25) is 14.9 Å². The van der Waals surface area contributed by atoms with Crippen LogP contribution in [0.5, 0.6) is 0 Å². The first-order valence-electron chi connectivity index (χ1n) is 7.53. The summed E-state index contributed by atoms with van der Waals surface area (Å²) in [5, 5.41) is 11.9. The van der Waals surface area contributed by atoms with Gasteiger partial charge in [0.15, 0.2) is 0 Å². The Bertz CT molecular complexity index is 462. The first kappa shape index (κ1) is 18.2. The fourth-order valence-corrected chi connectivity index (χ4v) is 2.31. The van der Waals surface area contributed by atoms with Crippen LogP contribution in [0, 0.1) is 0 Å². The molecule has 3 atom stereocenters. The summed E-state index contributed by atoms with van der Waals surface area (Å²) in [4.78, 5) is 38.6. The van der Waals surface area contributed by atoms with E-state index in [1.165, 1.54) is 23.8 Å². The van der Waals surface area contributed by atoms with Crippen molar-refractivity contribution in [2.75, 3.05) is 7.05 Å². The number of imide groups is 1. The van der Waals surface area contributed by atoms with Gasteiger partial charge in [0, 0.05) is 19.5 Å². The van der Waals surface area contributed by atoms with E-state index in [0.717, 1.165) is 6.42 Å². The lowest BCUT2D eigenvalue weighted by atomic mass is 10.0. The monoisotopic (exact) mass is 311 g/mol. The molecule has 7 nitrogen and oxygen atoms in total. The van der Waals surface area contributed by atoms with Gasteiger partial charge in [-0.25, -0.2) is 4.79 Å². The van der Waals surface area contributed by atoms with Crippen LogP contribution in [0.2, 0.25) is 0 Å². The van der Waals surface area contributed by atoms with Crippen molar-refractivity contribution in [2.45, 2.75) is 58.3 Å². The molecule has 3 unspecified atom stereocenters. The molecule has 1 aliphatic rings. The van der Waals surface area contributed by atoms with Crippen molar-refractivity contribution >= 4 is 17.8 Å². The predicted octanol–water partition coefficient (Wildman–Crippen LogP) is 0.838. The molecule has 4 amide bonds. The highest BCUT2D eigenvalue weighted by Crippen LogP contribution is 2.19. The summed E-state index contributed by atoms with van der Waals surface area (Å²) in [6.07, 6.45) is 4.09. The van der Waals surface area contributed by atoms with Crippen molar-refractivity contribution in [1.82, 2.24) is 15.1 Å². The van der Waals surface area contributed by atoms with E-state index in [0.29, 0.717) is 0 Å². The minimum absolute atomic E-state index is 0.197. The zero-order valence-corrected chi connectivity index (χ0v) is 13.6. The van der Waals surface area contributed by atoms with Crippen LogP contribution in [0.1, 0.15) is 40.0 Å². The Morgan fingerprint density at radius 1 is 1.45 bits per heavy atom. The molecule has 0 bridgehead atoms. The van der Waals surface area contributed by atoms with E-state index in [4.69, 9.17) is 0 Å². The molecule has 1 heterocycles. The largest absolute Gasteiger partial charge is 0.374 e. The third kappa shape index (κ3) is 4.30. The molecule has 1 rings (SSSR count). The first-order valence-corrected chi connectivity index (χ1v) is 7.53. The normalized spacial score (nSPS) is 21.4. The Balaban J connectivity index is 3.05. The van der Waals surface area contributed by atoms with Crippen LogP contribution in [0.15, 0.2) is 12.2 Å². The van der Waals surface area contributed by atoms with Crippen LogP contribution in [0.4, 0.5) is 4.79 Å². The molecule has 1 aliphatic heterocycles. The lowest BCUT2D eigenvalue weighted by Crippen LogP contribution is -2.59. The second kappa shape index (κ2) is 7.93. The van der Waals surface area contributed by atoms with Gasteiger partial charge < -0.3 is 14.9 Å². The topological polar surface area (TPSA) is 89.9 Å². The molecule has 1 fully saturated rings. The number of urea groups is 1. The SMILES string of the molecule is CC/C=C\C(C)N(C(=O)N(C)C(C)O)C1CCC(=O)NC1=O. The molecule has 124 valence electrons. The fourth-order valence-electron chi connectivity index (χ4n) is 2.31. The third-order valence-electron chi connectivity index (χ3n) is 3.72. The number of nitrogens with zero attached hydrogens (tertiary/aromatic N) is 2. The Labute approximate surface area is 131 Å². The number of aliphatic hydroxyl groups excluding tert-OH is 1. The first-order chi connectivity index (χ1) is 10.3. The van der Waals surface area contributed by atoms with Gasteiger partial charge in [-0.15, -0.1) is 0 Å². The molecule has 22 heavy (non-hydrogen) atoms. The summed E-state index contributed by atoms with van der Waals surface area (Å²) in [7, 11) is 1.47. The van der Waals surface area contributed by atoms with E-state index < -0.39 is 24.2 Å². The van der Waals surface area contributed by atoms with Crippen molar-refractivity contribution in [3.8, 4) is 0 Å². The maximum absolute atomic E-state index is 12.6. The summed E-state index contributed by atoms with van der Waals surface area (Å²) in [6.45, 7) is 5.26. The summed E-state index contributed by atoms with van der Waals surface area (Å²) in [5.74, 6) is -0.797. The number of amides is 4. The lowest BCUT2D eigenvalue weighted by Gasteiger charge is -2.39. The minimum atomic E-state index is -0.967. The van der Waals surface area contributed by atoms with E-state index in [9.17, 15) is 19.5 Å². The zero-order chi connectivity index (χ0) is 16.9. The van der Waals surface area contributed by atoms with Gasteiger partial charge in [0.1, 0.15) is 12.3 Å². The fraction of sp³-hybridized carbons (Fsp3) is 0.667. The van der Waals surface area contributed by atoms with E-state index in [1.807, 2.05) is 26.0 Å². The van der Waals surface area contributed by atoms with Crippen LogP contribution in [-0.2, 0) is 9.59 Å². The smallest absolute Gasteiger partial charge is 0.322 e. The van der Waals surface area contributed by atoms with Gasteiger partial charge in [0.05, 0.1) is 0 Å². The molecule has 0 saturated carbocycles. The second-order valence-electron chi connectivity index (χ2n) is 5.48. The van der Waals surface area contributed by atoms with Crippen LogP contribution >= 0.6 is 0 Å². The number of carbonyl (C=O) groups is 3. The highest BCUT2D eigenvalue weighted by atomic mass is 16.3. The molecule has 0 radical (unpaired) electrons. The van der Waals surface area contributed by atoms with Crippen molar-refractivity contribution in [2.24, 2.45) is 0 Å². The van der Waals surface area contributed by atoms with Crippen LogP contribution in [-0.4, -0.2) is 58.1 Å². The highest BCUT2D eigenvalue weighted by Gasteiger charge is 2.38. The Morgan fingerprint density at radius 2 is 2.09 bits per heavy atom. The van der Waals surface area contributed by atoms with E-state index in [2.05, 4.69) is 5.32 Å². The van der Waals surface area contributed by atoms with E-state index in [1.54, 1.807) is 0 Å². The number of rotatable bonds is 5. The van der Waals surface area contributed by atoms with Crippen molar-refractivity contribution in [3.05, 3.63) is 12.2 Å². The van der Waals surface area contributed by atoms with E-state index in [-0.39, 0.29) is 24.8 Å². The van der Waals surface area contributed by atoms with Crippen molar-refractivity contribution in [1.29, 1.82) is 0 Å². The Hall–Kier alpha value is -1.89. The van der Waals surface area contributed by atoms with E-state index >= 15 is 0 Å². The average molecular weight is 311 g/mol. The lowest BCUT2D eigenvalue weighted by molar-refractivity contribution is -0.137. The van der Waals surface area contributed by atoms with Crippen molar-refractivity contribution in [3.63, 3.8) is 0 Å². The summed E-state index contributed by atoms with van der Waals surface area (Å²) in [6, 6.07) is -1.49. The molecule has 0 spiro atoms. The highest BCUT2D eigenvalue weighted by molar-refractivity contribution is 6.01. The molecule has 7 heteroatoms. The zero-order valence-electron chi connectivity index (χ0n) is 13.6. The minimum Gasteiger partial charge on any atom is -0.374 e. The average Bonchev–Trinajstić information content (AvgIpc) is 2.46. The number of hydrogen-bond donors (Lipinski definition) is 2. The maximum Gasteiger partial charge on any atom is 0.322 e. The molecule has 2 N–H and O–H groups in total. The number of piperidine rings is 1. The van der Waals surface area contributed by atoms with Crippen LogP contribution < -0.4 is 5.32 Å². The number of nitrogens with one attached hydrogen (secondary N) is 1. The predicted molar refractivity (Wildman–Crippen MR) is 81.7 cm³/mol.